The van der Waals surface area contributed by atoms with Crippen LogP contribution in [0.15, 0.2) is 12.2 Å². The number of allylic oxidation sites excluding steroid dienone is 2. The van der Waals surface area contributed by atoms with Gasteiger partial charge in [0, 0.05) is 12.5 Å². The van der Waals surface area contributed by atoms with Crippen LogP contribution >= 0.6 is 0 Å². The lowest BCUT2D eigenvalue weighted by Gasteiger charge is -2.21. The summed E-state index contributed by atoms with van der Waals surface area (Å²) >= 11 is 0. The highest BCUT2D eigenvalue weighted by Gasteiger charge is 2.20. The maximum Gasteiger partial charge on any atom is 0.223 e. The number of carbonyl (C=O) groups is 1. The van der Waals surface area contributed by atoms with Gasteiger partial charge in [-0.05, 0) is 25.2 Å². The minimum atomic E-state index is -0.423. The molecule has 3 unspecified atom stereocenters. The second-order valence-corrected chi connectivity index (χ2v) is 4.68. The number of rotatable bonds is 5. The Balaban J connectivity index is 2.26. The summed E-state index contributed by atoms with van der Waals surface area (Å²) in [5.41, 5.74) is 0. The first-order chi connectivity index (χ1) is 7.65. The van der Waals surface area contributed by atoms with E-state index in [-0.39, 0.29) is 17.7 Å². The lowest BCUT2D eigenvalue weighted by atomic mass is 9.93. The molecule has 16 heavy (non-hydrogen) atoms. The average molecular weight is 225 g/mol. The van der Waals surface area contributed by atoms with Crippen LogP contribution in [-0.4, -0.2) is 23.7 Å². The third kappa shape index (κ3) is 3.97. The maximum absolute atomic E-state index is 11.8. The van der Waals surface area contributed by atoms with Crippen molar-refractivity contribution in [2.24, 2.45) is 11.8 Å². The van der Waals surface area contributed by atoms with Crippen molar-refractivity contribution in [1.29, 1.82) is 0 Å². The van der Waals surface area contributed by atoms with Crippen molar-refractivity contribution in [2.45, 2.75) is 45.6 Å². The maximum atomic E-state index is 11.8. The molecular weight excluding hydrogens is 202 g/mol. The smallest absolute Gasteiger partial charge is 0.223 e. The lowest BCUT2D eigenvalue weighted by molar-refractivity contribution is -0.125. The standard InChI is InChI=1S/C13H23NO2/c1-3-10(2)12(15)9-14-13(16)11-7-5-4-6-8-11/h4-5,10-12,15H,3,6-9H2,1-2H3,(H,14,16). The highest BCUT2D eigenvalue weighted by Crippen LogP contribution is 2.18. The summed E-state index contributed by atoms with van der Waals surface area (Å²) in [4.78, 5) is 11.8. The first-order valence-electron chi connectivity index (χ1n) is 6.26. The molecular formula is C13H23NO2. The molecule has 0 saturated carbocycles. The SMILES string of the molecule is CCC(C)C(O)CNC(=O)C1CC=CCC1. The van der Waals surface area contributed by atoms with E-state index in [1.165, 1.54) is 0 Å². The van der Waals surface area contributed by atoms with Gasteiger partial charge in [-0.15, -0.1) is 0 Å². The molecule has 0 heterocycles. The Bertz CT molecular complexity index is 250. The molecule has 0 aliphatic heterocycles. The fourth-order valence-electron chi connectivity index (χ4n) is 1.85. The van der Waals surface area contributed by atoms with Crippen LogP contribution in [0.25, 0.3) is 0 Å². The first kappa shape index (κ1) is 13.2. The fourth-order valence-corrected chi connectivity index (χ4v) is 1.85. The summed E-state index contributed by atoms with van der Waals surface area (Å²) in [6.45, 7) is 4.43. The van der Waals surface area contributed by atoms with Crippen molar-refractivity contribution in [3.63, 3.8) is 0 Å². The highest BCUT2D eigenvalue weighted by molar-refractivity contribution is 5.78. The molecule has 0 saturated heterocycles. The Morgan fingerprint density at radius 3 is 2.88 bits per heavy atom. The summed E-state index contributed by atoms with van der Waals surface area (Å²) in [6.07, 6.45) is 7.46. The Morgan fingerprint density at radius 2 is 2.31 bits per heavy atom. The van der Waals surface area contributed by atoms with Crippen LogP contribution < -0.4 is 5.32 Å². The van der Waals surface area contributed by atoms with Gasteiger partial charge in [0.05, 0.1) is 6.10 Å². The largest absolute Gasteiger partial charge is 0.391 e. The minimum absolute atomic E-state index is 0.0895. The van der Waals surface area contributed by atoms with Crippen LogP contribution in [0.4, 0.5) is 0 Å². The van der Waals surface area contributed by atoms with Gasteiger partial charge in [-0.3, -0.25) is 4.79 Å². The summed E-state index contributed by atoms with van der Waals surface area (Å²) in [5, 5.41) is 12.6. The van der Waals surface area contributed by atoms with E-state index in [9.17, 15) is 9.90 Å². The van der Waals surface area contributed by atoms with Gasteiger partial charge in [0.25, 0.3) is 0 Å². The molecule has 0 aromatic heterocycles. The quantitative estimate of drug-likeness (QED) is 0.702. The third-order valence-corrected chi connectivity index (χ3v) is 3.43. The fraction of sp³-hybridized carbons (Fsp3) is 0.769. The summed E-state index contributed by atoms with van der Waals surface area (Å²) in [5.74, 6) is 0.437. The topological polar surface area (TPSA) is 49.3 Å². The number of amides is 1. The van der Waals surface area contributed by atoms with E-state index in [2.05, 4.69) is 17.5 Å². The van der Waals surface area contributed by atoms with Crippen molar-refractivity contribution >= 4 is 5.91 Å². The van der Waals surface area contributed by atoms with Crippen LogP contribution in [0.5, 0.6) is 0 Å². The molecule has 0 aromatic carbocycles. The van der Waals surface area contributed by atoms with Crippen molar-refractivity contribution < 1.29 is 9.90 Å². The Morgan fingerprint density at radius 1 is 1.56 bits per heavy atom. The van der Waals surface area contributed by atoms with Crippen LogP contribution in [0, 0.1) is 11.8 Å². The van der Waals surface area contributed by atoms with E-state index in [0.29, 0.717) is 6.54 Å². The van der Waals surface area contributed by atoms with Crippen molar-refractivity contribution in [3.05, 3.63) is 12.2 Å². The van der Waals surface area contributed by atoms with E-state index < -0.39 is 6.10 Å². The van der Waals surface area contributed by atoms with E-state index in [1.807, 2.05) is 13.8 Å². The van der Waals surface area contributed by atoms with Gasteiger partial charge in [0.2, 0.25) is 5.91 Å². The third-order valence-electron chi connectivity index (χ3n) is 3.43. The van der Waals surface area contributed by atoms with Crippen LogP contribution in [0.2, 0.25) is 0 Å². The zero-order valence-corrected chi connectivity index (χ0v) is 10.3. The molecule has 3 atom stereocenters. The number of aliphatic hydroxyl groups is 1. The van der Waals surface area contributed by atoms with Crippen molar-refractivity contribution in [1.82, 2.24) is 5.32 Å². The number of hydrogen-bond acceptors (Lipinski definition) is 2. The summed E-state index contributed by atoms with van der Waals surface area (Å²) < 4.78 is 0. The monoisotopic (exact) mass is 225 g/mol. The zero-order chi connectivity index (χ0) is 12.0. The number of hydrogen-bond donors (Lipinski definition) is 2. The normalized spacial score (nSPS) is 23.8. The lowest BCUT2D eigenvalue weighted by Crippen LogP contribution is -2.38. The minimum Gasteiger partial charge on any atom is -0.391 e. The molecule has 92 valence electrons. The Labute approximate surface area is 97.9 Å². The molecule has 0 fully saturated rings. The van der Waals surface area contributed by atoms with Crippen molar-refractivity contribution in [3.8, 4) is 0 Å². The molecule has 1 aliphatic carbocycles. The van der Waals surface area contributed by atoms with Crippen molar-refractivity contribution in [2.75, 3.05) is 6.54 Å². The molecule has 1 rings (SSSR count). The van der Waals surface area contributed by atoms with E-state index in [4.69, 9.17) is 0 Å². The second-order valence-electron chi connectivity index (χ2n) is 4.68. The summed E-state index contributed by atoms with van der Waals surface area (Å²) in [7, 11) is 0. The predicted molar refractivity (Wildman–Crippen MR) is 65.0 cm³/mol. The van der Waals surface area contributed by atoms with E-state index >= 15 is 0 Å². The molecule has 0 spiro atoms. The predicted octanol–water partition coefficient (Wildman–Crippen LogP) is 1.87. The Kier molecular flexibility index (Phi) is 5.53. The molecule has 0 radical (unpaired) electrons. The molecule has 1 amide bonds. The Hall–Kier alpha value is -0.830. The summed E-state index contributed by atoms with van der Waals surface area (Å²) in [6, 6.07) is 0. The van der Waals surface area contributed by atoms with Crippen LogP contribution in [-0.2, 0) is 4.79 Å². The van der Waals surface area contributed by atoms with Crippen LogP contribution in [0.1, 0.15) is 39.5 Å². The van der Waals surface area contributed by atoms with Crippen LogP contribution in [0.3, 0.4) is 0 Å². The van der Waals surface area contributed by atoms with E-state index in [1.54, 1.807) is 0 Å². The van der Waals surface area contributed by atoms with Gasteiger partial charge in [-0.2, -0.15) is 0 Å². The van der Waals surface area contributed by atoms with Gasteiger partial charge >= 0.3 is 0 Å². The number of aliphatic hydroxyl groups excluding tert-OH is 1. The number of carbonyl (C=O) groups excluding carboxylic acids is 1. The van der Waals surface area contributed by atoms with Gasteiger partial charge in [-0.1, -0.05) is 32.4 Å². The van der Waals surface area contributed by atoms with E-state index in [0.717, 1.165) is 25.7 Å². The number of nitrogens with one attached hydrogen (secondary N) is 1. The average Bonchev–Trinajstić information content (AvgIpc) is 2.35. The molecule has 3 nitrogen and oxygen atoms in total. The van der Waals surface area contributed by atoms with Gasteiger partial charge in [0.15, 0.2) is 0 Å². The zero-order valence-electron chi connectivity index (χ0n) is 10.3. The van der Waals surface area contributed by atoms with Gasteiger partial charge < -0.3 is 10.4 Å². The molecule has 3 heteroatoms. The van der Waals surface area contributed by atoms with Gasteiger partial charge in [-0.25, -0.2) is 0 Å². The molecule has 0 aromatic rings. The highest BCUT2D eigenvalue weighted by atomic mass is 16.3. The van der Waals surface area contributed by atoms with Gasteiger partial charge in [0.1, 0.15) is 0 Å². The second kappa shape index (κ2) is 6.69. The molecule has 1 aliphatic rings. The molecule has 2 N–H and O–H groups in total. The molecule has 0 bridgehead atoms. The first-order valence-corrected chi connectivity index (χ1v) is 6.26.